The number of aromatic nitrogens is 4. The molecule has 0 saturated heterocycles. The van der Waals surface area contributed by atoms with Gasteiger partial charge in [0, 0.05) is 0 Å². The maximum atomic E-state index is 12.4. The first-order valence-electron chi connectivity index (χ1n) is 8.50. The van der Waals surface area contributed by atoms with Gasteiger partial charge in [0.2, 0.25) is 0 Å². The molecule has 0 aliphatic carbocycles. The van der Waals surface area contributed by atoms with E-state index in [-0.39, 0.29) is 12.2 Å². The molecule has 0 fully saturated rings. The van der Waals surface area contributed by atoms with E-state index in [2.05, 4.69) is 15.1 Å². The van der Waals surface area contributed by atoms with Gasteiger partial charge in [0.15, 0.2) is 5.65 Å². The third-order valence-corrected chi connectivity index (χ3v) is 4.14. The van der Waals surface area contributed by atoms with Gasteiger partial charge in [-0.2, -0.15) is 5.10 Å². The third-order valence-electron chi connectivity index (χ3n) is 4.14. The minimum absolute atomic E-state index is 0.0286. The normalized spacial score (nSPS) is 10.8. The second-order valence-electron chi connectivity index (χ2n) is 5.92. The van der Waals surface area contributed by atoms with Crippen LogP contribution in [0.5, 0.6) is 5.75 Å². The van der Waals surface area contributed by atoms with Crippen LogP contribution >= 0.6 is 0 Å². The highest BCUT2D eigenvalue weighted by Crippen LogP contribution is 2.20. The molecule has 28 heavy (non-hydrogen) atoms. The van der Waals surface area contributed by atoms with Gasteiger partial charge in [-0.25, -0.2) is 14.5 Å². The number of ether oxygens (including phenoxy) is 2. The topological polar surface area (TPSA) is 99.1 Å². The van der Waals surface area contributed by atoms with Crippen LogP contribution in [0.4, 0.5) is 0 Å². The van der Waals surface area contributed by atoms with E-state index < -0.39 is 5.97 Å². The number of carbonyl (C=O) groups excluding carboxylic acids is 1. The highest BCUT2D eigenvalue weighted by Gasteiger charge is 2.14. The van der Waals surface area contributed by atoms with Gasteiger partial charge in [0.05, 0.1) is 19.0 Å². The number of methoxy groups -OCH3 is 1. The van der Waals surface area contributed by atoms with E-state index in [1.54, 1.807) is 28.9 Å². The van der Waals surface area contributed by atoms with E-state index in [9.17, 15) is 9.59 Å². The molecule has 1 N–H and O–H groups in total. The average Bonchev–Trinajstić information content (AvgIpc) is 3.17. The van der Waals surface area contributed by atoms with Crippen LogP contribution in [-0.2, 0) is 11.3 Å². The van der Waals surface area contributed by atoms with Crippen molar-refractivity contribution in [3.05, 3.63) is 82.5 Å². The summed E-state index contributed by atoms with van der Waals surface area (Å²) in [6, 6.07) is 16.1. The average molecular weight is 376 g/mol. The number of nitrogens with zero attached hydrogens (tertiary/aromatic N) is 3. The van der Waals surface area contributed by atoms with Gasteiger partial charge in [-0.05, 0) is 24.3 Å². The Bertz CT molecular complexity index is 1200. The SMILES string of the molecule is COC(=O)c1ccccc1OCc1nc2c(cnn2-c2ccccc2)c(=O)[nH]1. The van der Waals surface area contributed by atoms with Crippen molar-refractivity contribution < 1.29 is 14.3 Å². The molecule has 2 heterocycles. The van der Waals surface area contributed by atoms with Crippen molar-refractivity contribution in [3.63, 3.8) is 0 Å². The molecular weight excluding hydrogens is 360 g/mol. The maximum Gasteiger partial charge on any atom is 0.341 e. The zero-order valence-corrected chi connectivity index (χ0v) is 15.0. The molecule has 0 aliphatic heterocycles. The predicted octanol–water partition coefficient (Wildman–Crippen LogP) is 2.47. The first kappa shape index (κ1) is 17.5. The van der Waals surface area contributed by atoms with Crippen LogP contribution in [0, 0.1) is 0 Å². The Balaban J connectivity index is 1.68. The third kappa shape index (κ3) is 3.23. The van der Waals surface area contributed by atoms with E-state index >= 15 is 0 Å². The summed E-state index contributed by atoms with van der Waals surface area (Å²) >= 11 is 0. The number of esters is 1. The van der Waals surface area contributed by atoms with E-state index in [1.165, 1.54) is 13.3 Å². The molecule has 0 amide bonds. The number of aromatic amines is 1. The molecule has 0 aliphatic rings. The predicted molar refractivity (Wildman–Crippen MR) is 102 cm³/mol. The number of rotatable bonds is 5. The zero-order chi connectivity index (χ0) is 19.5. The quantitative estimate of drug-likeness (QED) is 0.537. The van der Waals surface area contributed by atoms with Crippen molar-refractivity contribution >= 4 is 17.0 Å². The lowest BCUT2D eigenvalue weighted by atomic mass is 10.2. The summed E-state index contributed by atoms with van der Waals surface area (Å²) < 4.78 is 12.1. The van der Waals surface area contributed by atoms with Crippen LogP contribution in [0.3, 0.4) is 0 Å². The molecule has 0 unspecified atom stereocenters. The first-order chi connectivity index (χ1) is 13.7. The van der Waals surface area contributed by atoms with E-state index in [4.69, 9.17) is 9.47 Å². The van der Waals surface area contributed by atoms with E-state index in [0.29, 0.717) is 28.2 Å². The summed E-state index contributed by atoms with van der Waals surface area (Å²) in [5.74, 6) is 0.151. The van der Waals surface area contributed by atoms with Crippen LogP contribution in [0.25, 0.3) is 16.7 Å². The molecule has 0 radical (unpaired) electrons. The van der Waals surface area contributed by atoms with Crippen LogP contribution in [0.1, 0.15) is 16.2 Å². The molecule has 0 atom stereocenters. The number of carbonyl (C=O) groups is 1. The second kappa shape index (κ2) is 7.36. The monoisotopic (exact) mass is 376 g/mol. The second-order valence-corrected chi connectivity index (χ2v) is 5.92. The summed E-state index contributed by atoms with van der Waals surface area (Å²) in [5, 5.41) is 4.64. The highest BCUT2D eigenvalue weighted by atomic mass is 16.5. The number of hydrogen-bond acceptors (Lipinski definition) is 6. The van der Waals surface area contributed by atoms with Gasteiger partial charge >= 0.3 is 5.97 Å². The van der Waals surface area contributed by atoms with E-state index in [0.717, 1.165) is 5.69 Å². The Kier molecular flexibility index (Phi) is 4.59. The molecule has 2 aromatic carbocycles. The Labute approximate surface area is 159 Å². The van der Waals surface area contributed by atoms with Crippen LogP contribution in [-0.4, -0.2) is 32.8 Å². The van der Waals surface area contributed by atoms with Crippen LogP contribution in [0.2, 0.25) is 0 Å². The molecule has 8 nitrogen and oxygen atoms in total. The van der Waals surface area contributed by atoms with Crippen molar-refractivity contribution in [2.75, 3.05) is 7.11 Å². The number of H-pyrrole nitrogens is 1. The van der Waals surface area contributed by atoms with Crippen LogP contribution in [0.15, 0.2) is 65.6 Å². The number of fused-ring (bicyclic) bond motifs is 1. The van der Waals surface area contributed by atoms with Crippen molar-refractivity contribution in [1.29, 1.82) is 0 Å². The number of para-hydroxylation sites is 2. The smallest absolute Gasteiger partial charge is 0.341 e. The van der Waals surface area contributed by atoms with Gasteiger partial charge in [-0.15, -0.1) is 0 Å². The number of hydrogen-bond donors (Lipinski definition) is 1. The van der Waals surface area contributed by atoms with Crippen molar-refractivity contribution in [1.82, 2.24) is 19.7 Å². The molecule has 4 aromatic rings. The Morgan fingerprint density at radius 1 is 1.11 bits per heavy atom. The Hall–Kier alpha value is -3.94. The van der Waals surface area contributed by atoms with Crippen molar-refractivity contribution in [2.45, 2.75) is 6.61 Å². The molecule has 8 heteroatoms. The number of benzene rings is 2. The molecule has 0 spiro atoms. The van der Waals surface area contributed by atoms with Gasteiger partial charge in [-0.3, -0.25) is 4.79 Å². The lowest BCUT2D eigenvalue weighted by Gasteiger charge is -2.10. The van der Waals surface area contributed by atoms with Gasteiger partial charge in [0.25, 0.3) is 5.56 Å². The molecule has 0 bridgehead atoms. The van der Waals surface area contributed by atoms with Crippen molar-refractivity contribution in [3.8, 4) is 11.4 Å². The summed E-state index contributed by atoms with van der Waals surface area (Å²) in [4.78, 5) is 31.4. The first-order valence-corrected chi connectivity index (χ1v) is 8.50. The fourth-order valence-electron chi connectivity index (χ4n) is 2.81. The Morgan fingerprint density at radius 2 is 1.86 bits per heavy atom. The maximum absolute atomic E-state index is 12.4. The standard InChI is InChI=1S/C20H16N4O4/c1-27-20(26)14-9-5-6-10-16(14)28-12-17-22-18-15(19(25)23-17)11-21-24(18)13-7-3-2-4-8-13/h2-11H,12H2,1H3,(H,22,23,25). The fraction of sp³-hybridized carbons (Fsp3) is 0.100. The molecule has 140 valence electrons. The lowest BCUT2D eigenvalue weighted by molar-refractivity contribution is 0.0595. The summed E-state index contributed by atoms with van der Waals surface area (Å²) in [7, 11) is 1.30. The fourth-order valence-corrected chi connectivity index (χ4v) is 2.81. The number of nitrogens with one attached hydrogen (secondary N) is 1. The summed E-state index contributed by atoms with van der Waals surface area (Å²) in [6.07, 6.45) is 1.48. The minimum Gasteiger partial charge on any atom is -0.485 e. The highest BCUT2D eigenvalue weighted by molar-refractivity contribution is 5.92. The largest absolute Gasteiger partial charge is 0.485 e. The van der Waals surface area contributed by atoms with Crippen molar-refractivity contribution in [2.24, 2.45) is 0 Å². The van der Waals surface area contributed by atoms with Gasteiger partial charge < -0.3 is 14.5 Å². The molecule has 4 rings (SSSR count). The molecule has 0 saturated carbocycles. The summed E-state index contributed by atoms with van der Waals surface area (Å²) in [5.41, 5.74) is 1.20. The van der Waals surface area contributed by atoms with Crippen LogP contribution < -0.4 is 10.3 Å². The lowest BCUT2D eigenvalue weighted by Crippen LogP contribution is -2.15. The van der Waals surface area contributed by atoms with Gasteiger partial charge in [-0.1, -0.05) is 30.3 Å². The molecule has 2 aromatic heterocycles. The zero-order valence-electron chi connectivity index (χ0n) is 15.0. The van der Waals surface area contributed by atoms with E-state index in [1.807, 2.05) is 30.3 Å². The minimum atomic E-state index is -0.505. The Morgan fingerprint density at radius 3 is 2.64 bits per heavy atom. The summed E-state index contributed by atoms with van der Waals surface area (Å²) in [6.45, 7) is -0.0286. The van der Waals surface area contributed by atoms with Gasteiger partial charge in [0.1, 0.15) is 29.1 Å². The molecular formula is C20H16N4O4.